The number of halogens is 2. The zero-order chi connectivity index (χ0) is 11.3. The summed E-state index contributed by atoms with van der Waals surface area (Å²) in [6, 6.07) is 0.248. The summed E-state index contributed by atoms with van der Waals surface area (Å²) in [5.41, 5.74) is 0. The van der Waals surface area contributed by atoms with E-state index in [-0.39, 0.29) is 6.04 Å². The summed E-state index contributed by atoms with van der Waals surface area (Å²) in [5.74, 6) is 1.99. The fourth-order valence-corrected chi connectivity index (χ4v) is 1.88. The van der Waals surface area contributed by atoms with Gasteiger partial charge in [0.2, 0.25) is 0 Å². The zero-order valence-electron chi connectivity index (χ0n) is 8.87. The highest BCUT2D eigenvalue weighted by molar-refractivity contribution is 9.10. The molecule has 0 aromatic carbocycles. The number of aromatic nitrogens is 2. The topological polar surface area (TPSA) is 37.8 Å². The van der Waals surface area contributed by atoms with Gasteiger partial charge in [-0.2, -0.15) is 0 Å². The van der Waals surface area contributed by atoms with Crippen molar-refractivity contribution in [3.05, 3.63) is 17.0 Å². The maximum atomic E-state index is 5.89. The number of rotatable bonds is 5. The van der Waals surface area contributed by atoms with Crippen LogP contribution in [0.4, 0.5) is 5.82 Å². The minimum Gasteiger partial charge on any atom is -0.365 e. The predicted molar refractivity (Wildman–Crippen MR) is 67.3 cm³/mol. The molecule has 0 aliphatic rings. The van der Waals surface area contributed by atoms with Crippen molar-refractivity contribution >= 4 is 33.3 Å². The highest BCUT2D eigenvalue weighted by atomic mass is 79.9. The summed E-state index contributed by atoms with van der Waals surface area (Å²) in [7, 11) is 0. The van der Waals surface area contributed by atoms with E-state index in [9.17, 15) is 0 Å². The minimum atomic E-state index is 0.248. The smallest absolute Gasteiger partial charge is 0.143 e. The first kappa shape index (κ1) is 12.7. The van der Waals surface area contributed by atoms with Crippen molar-refractivity contribution in [1.29, 1.82) is 0 Å². The summed E-state index contributed by atoms with van der Waals surface area (Å²) >= 11 is 9.28. The number of nitrogens with one attached hydrogen (secondary N) is 1. The molecule has 1 aromatic rings. The monoisotopic (exact) mass is 291 g/mol. The molecule has 15 heavy (non-hydrogen) atoms. The van der Waals surface area contributed by atoms with Crippen molar-refractivity contribution < 1.29 is 0 Å². The lowest BCUT2D eigenvalue weighted by atomic mass is 10.1. The molecule has 1 atom stereocenters. The van der Waals surface area contributed by atoms with Gasteiger partial charge in [0, 0.05) is 18.1 Å². The Bertz CT molecular complexity index is 306. The fraction of sp³-hybridized carbons (Fsp3) is 0.600. The quantitative estimate of drug-likeness (QED) is 0.846. The van der Waals surface area contributed by atoms with E-state index in [2.05, 4.69) is 45.1 Å². The van der Waals surface area contributed by atoms with Crippen LogP contribution in [0.15, 0.2) is 17.0 Å². The van der Waals surface area contributed by atoms with Gasteiger partial charge in [-0.05, 0) is 28.3 Å². The second-order valence-electron chi connectivity index (χ2n) is 3.84. The van der Waals surface area contributed by atoms with Gasteiger partial charge in [-0.3, -0.25) is 0 Å². The molecule has 1 N–H and O–H groups in total. The van der Waals surface area contributed by atoms with Crippen molar-refractivity contribution in [3.8, 4) is 0 Å². The van der Waals surface area contributed by atoms with E-state index in [4.69, 9.17) is 11.6 Å². The van der Waals surface area contributed by atoms with Gasteiger partial charge in [-0.15, -0.1) is 11.6 Å². The highest BCUT2D eigenvalue weighted by Gasteiger charge is 2.11. The molecule has 0 bridgehead atoms. The van der Waals surface area contributed by atoms with Crippen LogP contribution in [0.5, 0.6) is 0 Å². The van der Waals surface area contributed by atoms with E-state index in [1.54, 1.807) is 6.20 Å². The number of anilines is 1. The Kier molecular flexibility index (Phi) is 5.32. The third-order valence-electron chi connectivity index (χ3n) is 1.95. The Hall–Kier alpha value is -0.350. The van der Waals surface area contributed by atoms with Crippen LogP contribution in [0.2, 0.25) is 0 Å². The number of hydrogen-bond donors (Lipinski definition) is 1. The van der Waals surface area contributed by atoms with Crippen LogP contribution in [0, 0.1) is 5.92 Å². The van der Waals surface area contributed by atoms with Crippen molar-refractivity contribution in [3.63, 3.8) is 0 Å². The standard InChI is InChI=1S/C10H15BrClN3/c1-7(2)3-8(4-12)15-10-9(11)5-13-6-14-10/h5-8H,3-4H2,1-2H3,(H,13,14,15). The SMILES string of the molecule is CC(C)CC(CCl)Nc1ncncc1Br. The molecule has 0 saturated heterocycles. The largest absolute Gasteiger partial charge is 0.365 e. The number of nitrogens with zero attached hydrogens (tertiary/aromatic N) is 2. The highest BCUT2D eigenvalue weighted by Crippen LogP contribution is 2.20. The molecule has 0 aliphatic heterocycles. The van der Waals surface area contributed by atoms with Gasteiger partial charge < -0.3 is 5.32 Å². The van der Waals surface area contributed by atoms with E-state index >= 15 is 0 Å². The van der Waals surface area contributed by atoms with E-state index < -0.39 is 0 Å². The molecule has 3 nitrogen and oxygen atoms in total. The molecule has 5 heteroatoms. The summed E-state index contributed by atoms with van der Waals surface area (Å²) in [4.78, 5) is 8.05. The fourth-order valence-electron chi connectivity index (χ4n) is 1.34. The molecule has 1 unspecified atom stereocenters. The molecule has 1 rings (SSSR count). The molecule has 0 fully saturated rings. The molecule has 0 amide bonds. The maximum absolute atomic E-state index is 5.89. The molecule has 0 aliphatic carbocycles. The van der Waals surface area contributed by atoms with Crippen LogP contribution in [0.1, 0.15) is 20.3 Å². The van der Waals surface area contributed by atoms with Gasteiger partial charge >= 0.3 is 0 Å². The van der Waals surface area contributed by atoms with Gasteiger partial charge in [0.25, 0.3) is 0 Å². The summed E-state index contributed by atoms with van der Waals surface area (Å²) in [6.45, 7) is 4.35. The molecule has 84 valence electrons. The van der Waals surface area contributed by atoms with Crippen LogP contribution in [-0.4, -0.2) is 21.9 Å². The Labute approximate surface area is 104 Å². The molecule has 1 heterocycles. The third-order valence-corrected chi connectivity index (χ3v) is 2.90. The van der Waals surface area contributed by atoms with Gasteiger partial charge in [-0.1, -0.05) is 13.8 Å². The van der Waals surface area contributed by atoms with E-state index in [0.717, 1.165) is 16.7 Å². The summed E-state index contributed by atoms with van der Waals surface area (Å²) in [5, 5.41) is 3.30. The number of alkyl halides is 1. The minimum absolute atomic E-state index is 0.248. The lowest BCUT2D eigenvalue weighted by Gasteiger charge is -2.18. The van der Waals surface area contributed by atoms with Gasteiger partial charge in [-0.25, -0.2) is 9.97 Å². The van der Waals surface area contributed by atoms with Gasteiger partial charge in [0.1, 0.15) is 12.1 Å². The van der Waals surface area contributed by atoms with Gasteiger partial charge in [0.05, 0.1) is 4.47 Å². The molecular weight excluding hydrogens is 277 g/mol. The van der Waals surface area contributed by atoms with Crippen LogP contribution in [0.25, 0.3) is 0 Å². The molecule has 0 saturated carbocycles. The van der Waals surface area contributed by atoms with Crippen molar-refractivity contribution in [2.24, 2.45) is 5.92 Å². The Morgan fingerprint density at radius 3 is 2.80 bits per heavy atom. The predicted octanol–water partition coefficient (Wildman–Crippen LogP) is 3.30. The van der Waals surface area contributed by atoms with Crippen molar-refractivity contribution in [1.82, 2.24) is 9.97 Å². The number of hydrogen-bond acceptors (Lipinski definition) is 3. The van der Waals surface area contributed by atoms with Crippen molar-refractivity contribution in [2.75, 3.05) is 11.2 Å². The first-order chi connectivity index (χ1) is 7.13. The lowest BCUT2D eigenvalue weighted by molar-refractivity contribution is 0.541. The van der Waals surface area contributed by atoms with Crippen LogP contribution in [-0.2, 0) is 0 Å². The Morgan fingerprint density at radius 1 is 1.53 bits per heavy atom. The first-order valence-electron chi connectivity index (χ1n) is 4.91. The molecular formula is C10H15BrClN3. The Morgan fingerprint density at radius 2 is 2.27 bits per heavy atom. The molecule has 1 aromatic heterocycles. The van der Waals surface area contributed by atoms with Crippen LogP contribution < -0.4 is 5.32 Å². The van der Waals surface area contributed by atoms with E-state index in [1.807, 2.05) is 0 Å². The van der Waals surface area contributed by atoms with Crippen molar-refractivity contribution in [2.45, 2.75) is 26.3 Å². The lowest BCUT2D eigenvalue weighted by Crippen LogP contribution is -2.24. The summed E-state index contributed by atoms with van der Waals surface area (Å²) in [6.07, 6.45) is 4.27. The zero-order valence-corrected chi connectivity index (χ0v) is 11.2. The summed E-state index contributed by atoms with van der Waals surface area (Å²) < 4.78 is 0.865. The average molecular weight is 293 g/mol. The Balaban J connectivity index is 2.62. The normalized spacial score (nSPS) is 12.9. The molecule has 0 radical (unpaired) electrons. The average Bonchev–Trinajstić information content (AvgIpc) is 2.19. The van der Waals surface area contributed by atoms with E-state index in [1.165, 1.54) is 6.33 Å². The molecule has 0 spiro atoms. The first-order valence-corrected chi connectivity index (χ1v) is 6.24. The maximum Gasteiger partial charge on any atom is 0.143 e. The van der Waals surface area contributed by atoms with Crippen LogP contribution >= 0.6 is 27.5 Å². The third kappa shape index (κ3) is 4.34. The second-order valence-corrected chi connectivity index (χ2v) is 5.01. The second kappa shape index (κ2) is 6.28. The van der Waals surface area contributed by atoms with Gasteiger partial charge in [0.15, 0.2) is 0 Å². The van der Waals surface area contributed by atoms with Crippen LogP contribution in [0.3, 0.4) is 0 Å². The van der Waals surface area contributed by atoms with E-state index in [0.29, 0.717) is 11.8 Å².